The Bertz CT molecular complexity index is 815. The van der Waals surface area contributed by atoms with Crippen LogP contribution in [0.25, 0.3) is 0 Å². The van der Waals surface area contributed by atoms with Crippen molar-refractivity contribution in [3.8, 4) is 0 Å². The third-order valence-electron chi connectivity index (χ3n) is 4.39. The summed E-state index contributed by atoms with van der Waals surface area (Å²) >= 11 is 0. The van der Waals surface area contributed by atoms with E-state index in [0.717, 1.165) is 29.5 Å². The van der Waals surface area contributed by atoms with E-state index in [1.54, 1.807) is 22.5 Å². The van der Waals surface area contributed by atoms with Crippen molar-refractivity contribution in [3.63, 3.8) is 0 Å². The molecule has 1 atom stereocenters. The highest BCUT2D eigenvalue weighted by atomic mass is 32.2. The van der Waals surface area contributed by atoms with Crippen molar-refractivity contribution in [2.75, 3.05) is 6.54 Å². The van der Waals surface area contributed by atoms with Gasteiger partial charge in [0.2, 0.25) is 10.0 Å². The van der Waals surface area contributed by atoms with Crippen LogP contribution in [0.5, 0.6) is 0 Å². The van der Waals surface area contributed by atoms with Crippen molar-refractivity contribution in [3.05, 3.63) is 65.0 Å². The fourth-order valence-corrected chi connectivity index (χ4v) is 5.15. The highest BCUT2D eigenvalue weighted by Gasteiger charge is 2.36. The lowest BCUT2D eigenvalue weighted by Gasteiger charge is -2.25. The van der Waals surface area contributed by atoms with E-state index in [4.69, 9.17) is 0 Å². The van der Waals surface area contributed by atoms with Gasteiger partial charge in [-0.05, 0) is 61.6 Å². The standard InChI is InChI=1S/C18H20FNO2S/c1-13-5-6-14(2)18(12-13)23(21,22)20-11-3-4-17(20)15-7-9-16(19)10-8-15/h5-10,12,17H,3-4,11H2,1-2H3/t17-/m0/s1. The molecule has 1 fully saturated rings. The van der Waals surface area contributed by atoms with E-state index in [1.165, 1.54) is 12.1 Å². The van der Waals surface area contributed by atoms with E-state index in [2.05, 4.69) is 0 Å². The Morgan fingerprint density at radius 1 is 1.09 bits per heavy atom. The maximum Gasteiger partial charge on any atom is 0.243 e. The van der Waals surface area contributed by atoms with Gasteiger partial charge in [-0.25, -0.2) is 12.8 Å². The number of benzene rings is 2. The number of hydrogen-bond donors (Lipinski definition) is 0. The zero-order valence-corrected chi connectivity index (χ0v) is 14.1. The summed E-state index contributed by atoms with van der Waals surface area (Å²) in [7, 11) is -3.56. The van der Waals surface area contributed by atoms with Crippen molar-refractivity contribution in [1.29, 1.82) is 0 Å². The van der Waals surface area contributed by atoms with Crippen molar-refractivity contribution < 1.29 is 12.8 Å². The minimum Gasteiger partial charge on any atom is -0.207 e. The first kappa shape index (κ1) is 16.1. The third-order valence-corrected chi connectivity index (χ3v) is 6.44. The van der Waals surface area contributed by atoms with Crippen LogP contribution in [-0.4, -0.2) is 19.3 Å². The minimum atomic E-state index is -3.56. The molecule has 5 heteroatoms. The lowest BCUT2D eigenvalue weighted by molar-refractivity contribution is 0.396. The third kappa shape index (κ3) is 3.03. The van der Waals surface area contributed by atoms with Gasteiger partial charge < -0.3 is 0 Å². The first-order chi connectivity index (χ1) is 10.9. The number of sulfonamides is 1. The van der Waals surface area contributed by atoms with Crippen LogP contribution in [0.2, 0.25) is 0 Å². The quantitative estimate of drug-likeness (QED) is 0.852. The minimum absolute atomic E-state index is 0.222. The van der Waals surface area contributed by atoms with E-state index in [-0.39, 0.29) is 11.9 Å². The predicted molar refractivity (Wildman–Crippen MR) is 88.2 cm³/mol. The number of halogens is 1. The number of rotatable bonds is 3. The average Bonchev–Trinajstić information content (AvgIpc) is 3.00. The van der Waals surface area contributed by atoms with Gasteiger partial charge in [0.15, 0.2) is 0 Å². The van der Waals surface area contributed by atoms with Crippen LogP contribution in [0.3, 0.4) is 0 Å². The lowest BCUT2D eigenvalue weighted by atomic mass is 10.1. The van der Waals surface area contributed by atoms with E-state index in [0.29, 0.717) is 11.4 Å². The van der Waals surface area contributed by atoms with E-state index < -0.39 is 10.0 Å². The second-order valence-corrected chi connectivity index (χ2v) is 7.95. The van der Waals surface area contributed by atoms with Crippen molar-refractivity contribution >= 4 is 10.0 Å². The molecule has 0 aromatic heterocycles. The molecule has 2 aromatic rings. The van der Waals surface area contributed by atoms with E-state index >= 15 is 0 Å². The second kappa shape index (κ2) is 6.06. The summed E-state index contributed by atoms with van der Waals surface area (Å²) in [4.78, 5) is 0.367. The molecular formula is C18H20FNO2S. The molecule has 3 rings (SSSR count). The molecule has 0 unspecified atom stereocenters. The molecule has 0 amide bonds. The topological polar surface area (TPSA) is 37.4 Å². The largest absolute Gasteiger partial charge is 0.243 e. The molecule has 2 aromatic carbocycles. The molecule has 122 valence electrons. The molecule has 23 heavy (non-hydrogen) atoms. The first-order valence-electron chi connectivity index (χ1n) is 7.74. The molecule has 1 heterocycles. The number of hydrogen-bond acceptors (Lipinski definition) is 2. The molecule has 0 saturated carbocycles. The highest BCUT2D eigenvalue weighted by molar-refractivity contribution is 7.89. The Hall–Kier alpha value is -1.72. The van der Waals surface area contributed by atoms with Gasteiger partial charge in [0.05, 0.1) is 10.9 Å². The smallest absolute Gasteiger partial charge is 0.207 e. The van der Waals surface area contributed by atoms with Crippen LogP contribution in [0.15, 0.2) is 47.4 Å². The first-order valence-corrected chi connectivity index (χ1v) is 9.18. The zero-order valence-electron chi connectivity index (χ0n) is 13.3. The Kier molecular flexibility index (Phi) is 4.25. The Morgan fingerprint density at radius 2 is 1.78 bits per heavy atom. The van der Waals surface area contributed by atoms with Crippen LogP contribution in [0, 0.1) is 19.7 Å². The molecule has 1 aliphatic rings. The van der Waals surface area contributed by atoms with Crippen LogP contribution in [0.1, 0.15) is 35.6 Å². The van der Waals surface area contributed by atoms with Crippen molar-refractivity contribution in [2.45, 2.75) is 37.6 Å². The van der Waals surface area contributed by atoms with Crippen molar-refractivity contribution in [1.82, 2.24) is 4.31 Å². The molecule has 0 N–H and O–H groups in total. The van der Waals surface area contributed by atoms with Gasteiger partial charge in [0.25, 0.3) is 0 Å². The van der Waals surface area contributed by atoms with Gasteiger partial charge in [-0.2, -0.15) is 4.31 Å². The summed E-state index contributed by atoms with van der Waals surface area (Å²) in [6, 6.07) is 11.4. The van der Waals surface area contributed by atoms with E-state index in [9.17, 15) is 12.8 Å². The maximum atomic E-state index is 13.1. The number of nitrogens with zero attached hydrogens (tertiary/aromatic N) is 1. The van der Waals surface area contributed by atoms with Gasteiger partial charge in [-0.1, -0.05) is 24.3 Å². The second-order valence-electron chi connectivity index (χ2n) is 6.09. The molecular weight excluding hydrogens is 313 g/mol. The average molecular weight is 333 g/mol. The monoisotopic (exact) mass is 333 g/mol. The van der Waals surface area contributed by atoms with Crippen LogP contribution < -0.4 is 0 Å². The molecule has 3 nitrogen and oxygen atoms in total. The van der Waals surface area contributed by atoms with Gasteiger partial charge in [0.1, 0.15) is 5.82 Å². The molecule has 0 spiro atoms. The van der Waals surface area contributed by atoms with Gasteiger partial charge >= 0.3 is 0 Å². The van der Waals surface area contributed by atoms with Gasteiger partial charge in [-0.3, -0.25) is 0 Å². The Morgan fingerprint density at radius 3 is 2.48 bits per heavy atom. The summed E-state index contributed by atoms with van der Waals surface area (Å²) in [6.45, 7) is 4.20. The fourth-order valence-electron chi connectivity index (χ4n) is 3.16. The molecule has 0 radical (unpaired) electrons. The predicted octanol–water partition coefficient (Wildman–Crippen LogP) is 3.97. The lowest BCUT2D eigenvalue weighted by Crippen LogP contribution is -2.31. The highest BCUT2D eigenvalue weighted by Crippen LogP contribution is 2.37. The molecule has 0 aliphatic carbocycles. The Labute approximate surface area is 136 Å². The SMILES string of the molecule is Cc1ccc(C)c(S(=O)(=O)N2CCC[C@H]2c2ccc(F)cc2)c1. The molecule has 1 saturated heterocycles. The van der Waals surface area contributed by atoms with E-state index in [1.807, 2.05) is 26.0 Å². The normalized spacial score (nSPS) is 19.2. The van der Waals surface area contributed by atoms with Crippen molar-refractivity contribution in [2.24, 2.45) is 0 Å². The summed E-state index contributed by atoms with van der Waals surface area (Å²) < 4.78 is 40.9. The summed E-state index contributed by atoms with van der Waals surface area (Å²) in [6.07, 6.45) is 1.57. The maximum absolute atomic E-state index is 13.1. The van der Waals surface area contributed by atoms with Gasteiger partial charge in [-0.15, -0.1) is 0 Å². The molecule has 1 aliphatic heterocycles. The number of aryl methyl sites for hydroxylation is 2. The summed E-state index contributed by atoms with van der Waals surface area (Å²) in [5.74, 6) is -0.310. The zero-order chi connectivity index (χ0) is 16.6. The Balaban J connectivity index is 2.01. The summed E-state index contributed by atoms with van der Waals surface area (Å²) in [5, 5.41) is 0. The van der Waals surface area contributed by atoms with Crippen LogP contribution in [-0.2, 0) is 10.0 Å². The fraction of sp³-hybridized carbons (Fsp3) is 0.333. The summed E-state index contributed by atoms with van der Waals surface area (Å²) in [5.41, 5.74) is 2.52. The van der Waals surface area contributed by atoms with Crippen LogP contribution in [0.4, 0.5) is 4.39 Å². The molecule has 0 bridgehead atoms. The van der Waals surface area contributed by atoms with Gasteiger partial charge in [0, 0.05) is 6.54 Å². The van der Waals surface area contributed by atoms with Crippen LogP contribution >= 0.6 is 0 Å².